The van der Waals surface area contributed by atoms with Crippen molar-refractivity contribution in [1.29, 1.82) is 0 Å². The molecule has 0 saturated carbocycles. The van der Waals surface area contributed by atoms with Crippen LogP contribution in [0.25, 0.3) is 10.8 Å². The summed E-state index contributed by atoms with van der Waals surface area (Å²) in [5.74, 6) is 0.820. The lowest BCUT2D eigenvalue weighted by molar-refractivity contribution is -0.125. The van der Waals surface area contributed by atoms with Crippen LogP contribution in [0.4, 0.5) is 5.69 Å². The third kappa shape index (κ3) is 4.41. The Bertz CT molecular complexity index is 1060. The van der Waals surface area contributed by atoms with Crippen LogP contribution in [-0.4, -0.2) is 25.2 Å². The molecule has 4 rings (SSSR count). The molecule has 1 heterocycles. The van der Waals surface area contributed by atoms with E-state index < -0.39 is 5.41 Å². The predicted octanol–water partition coefficient (Wildman–Crippen LogP) is 6.36. The molecule has 1 fully saturated rings. The molecule has 0 unspecified atom stereocenters. The molecule has 5 heteroatoms. The van der Waals surface area contributed by atoms with E-state index in [0.29, 0.717) is 31.1 Å². The van der Waals surface area contributed by atoms with E-state index in [0.717, 1.165) is 34.2 Å². The Balaban J connectivity index is 1.69. The summed E-state index contributed by atoms with van der Waals surface area (Å²) < 4.78 is 11.7. The van der Waals surface area contributed by atoms with Crippen LogP contribution >= 0.6 is 11.6 Å². The molecular weight excluding hydrogens is 410 g/mol. The number of ether oxygens (including phenoxy) is 2. The van der Waals surface area contributed by atoms with Gasteiger partial charge in [-0.2, -0.15) is 0 Å². The van der Waals surface area contributed by atoms with Gasteiger partial charge in [0.25, 0.3) is 0 Å². The third-order valence-corrected chi connectivity index (χ3v) is 6.47. The minimum absolute atomic E-state index is 0.0149. The van der Waals surface area contributed by atoms with Crippen molar-refractivity contribution in [2.75, 3.05) is 18.5 Å². The Morgan fingerprint density at radius 2 is 1.74 bits per heavy atom. The van der Waals surface area contributed by atoms with E-state index in [2.05, 4.69) is 19.2 Å². The lowest BCUT2D eigenvalue weighted by atomic mass is 9.73. The Hall–Kier alpha value is -2.56. The summed E-state index contributed by atoms with van der Waals surface area (Å²) >= 11 is 6.09. The quantitative estimate of drug-likeness (QED) is 0.488. The van der Waals surface area contributed by atoms with E-state index in [1.54, 1.807) is 0 Å². The van der Waals surface area contributed by atoms with Crippen molar-refractivity contribution in [1.82, 2.24) is 0 Å². The maximum atomic E-state index is 13.7. The Morgan fingerprint density at radius 3 is 2.42 bits per heavy atom. The topological polar surface area (TPSA) is 47.6 Å². The zero-order valence-corrected chi connectivity index (χ0v) is 18.7. The fourth-order valence-corrected chi connectivity index (χ4v) is 4.29. The number of halogens is 1. The van der Waals surface area contributed by atoms with Gasteiger partial charge in [0.15, 0.2) is 0 Å². The summed E-state index contributed by atoms with van der Waals surface area (Å²) in [5.41, 5.74) is 1.12. The first-order chi connectivity index (χ1) is 15.0. The second-order valence-corrected chi connectivity index (χ2v) is 8.59. The lowest BCUT2D eigenvalue weighted by Crippen LogP contribution is -2.44. The van der Waals surface area contributed by atoms with E-state index in [-0.39, 0.29) is 12.0 Å². The van der Waals surface area contributed by atoms with Crippen LogP contribution in [-0.2, 0) is 14.9 Å². The lowest BCUT2D eigenvalue weighted by Gasteiger charge is -2.36. The second-order valence-electron chi connectivity index (χ2n) is 8.15. The molecule has 3 aromatic rings. The van der Waals surface area contributed by atoms with Crippen molar-refractivity contribution in [3.63, 3.8) is 0 Å². The van der Waals surface area contributed by atoms with Crippen molar-refractivity contribution >= 4 is 34.0 Å². The van der Waals surface area contributed by atoms with Crippen LogP contribution in [0.2, 0.25) is 5.02 Å². The van der Waals surface area contributed by atoms with Crippen LogP contribution < -0.4 is 10.1 Å². The van der Waals surface area contributed by atoms with Gasteiger partial charge in [-0.3, -0.25) is 4.79 Å². The van der Waals surface area contributed by atoms with Gasteiger partial charge >= 0.3 is 0 Å². The molecule has 4 nitrogen and oxygen atoms in total. The van der Waals surface area contributed by atoms with Gasteiger partial charge in [-0.25, -0.2) is 0 Å². The number of nitrogens with one attached hydrogen (secondary N) is 1. The standard InChI is InChI=1S/C26H28ClNO3/c1-3-18(2)31-24-13-12-23(21-6-4-5-7-22(21)24)28-25(29)26(14-16-30-17-15-26)19-8-10-20(27)11-9-19/h4-13,18H,3,14-17H2,1-2H3,(H,28,29)/t18-/m0/s1. The zero-order chi connectivity index (χ0) is 21.8. The van der Waals surface area contributed by atoms with Gasteiger partial charge in [0, 0.05) is 34.7 Å². The van der Waals surface area contributed by atoms with Crippen LogP contribution in [0.3, 0.4) is 0 Å². The summed E-state index contributed by atoms with van der Waals surface area (Å²) in [5, 5.41) is 5.84. The molecular formula is C26H28ClNO3. The van der Waals surface area contributed by atoms with Crippen molar-refractivity contribution < 1.29 is 14.3 Å². The highest BCUT2D eigenvalue weighted by atomic mass is 35.5. The number of fused-ring (bicyclic) bond motifs is 1. The average Bonchev–Trinajstić information content (AvgIpc) is 2.81. The SMILES string of the molecule is CC[C@H](C)Oc1ccc(NC(=O)C2(c3ccc(Cl)cc3)CCOCC2)c2ccccc12. The van der Waals surface area contributed by atoms with Crippen LogP contribution in [0, 0.1) is 0 Å². The van der Waals surface area contributed by atoms with E-state index in [1.165, 1.54) is 0 Å². The summed E-state index contributed by atoms with van der Waals surface area (Å²) in [6.45, 7) is 5.27. The van der Waals surface area contributed by atoms with E-state index in [4.69, 9.17) is 21.1 Å². The van der Waals surface area contributed by atoms with Gasteiger partial charge in [-0.15, -0.1) is 0 Å². The minimum Gasteiger partial charge on any atom is -0.490 e. The number of hydrogen-bond donors (Lipinski definition) is 1. The molecule has 0 aromatic heterocycles. The first-order valence-corrected chi connectivity index (χ1v) is 11.2. The summed E-state index contributed by atoms with van der Waals surface area (Å²) in [6.07, 6.45) is 2.32. The first kappa shape index (κ1) is 21.7. The van der Waals surface area contributed by atoms with E-state index >= 15 is 0 Å². The molecule has 0 aliphatic carbocycles. The molecule has 1 N–H and O–H groups in total. The maximum absolute atomic E-state index is 13.7. The number of amides is 1. The molecule has 0 bridgehead atoms. The van der Waals surface area contributed by atoms with Crippen molar-refractivity contribution in [3.8, 4) is 5.75 Å². The number of rotatable bonds is 6. The van der Waals surface area contributed by atoms with Crippen molar-refractivity contribution in [2.45, 2.75) is 44.6 Å². The molecule has 0 spiro atoms. The van der Waals surface area contributed by atoms with E-state index in [9.17, 15) is 4.79 Å². The molecule has 162 valence electrons. The van der Waals surface area contributed by atoms with Crippen molar-refractivity contribution in [3.05, 3.63) is 71.2 Å². The number of hydrogen-bond acceptors (Lipinski definition) is 3. The van der Waals surface area contributed by atoms with Gasteiger partial charge < -0.3 is 14.8 Å². The Morgan fingerprint density at radius 1 is 1.06 bits per heavy atom. The molecule has 0 radical (unpaired) electrons. The fourth-order valence-electron chi connectivity index (χ4n) is 4.16. The third-order valence-electron chi connectivity index (χ3n) is 6.21. The predicted molar refractivity (Wildman–Crippen MR) is 126 cm³/mol. The number of benzene rings is 3. The fraction of sp³-hybridized carbons (Fsp3) is 0.346. The molecule has 3 aromatic carbocycles. The maximum Gasteiger partial charge on any atom is 0.235 e. The smallest absolute Gasteiger partial charge is 0.235 e. The first-order valence-electron chi connectivity index (χ1n) is 10.9. The Labute approximate surface area is 188 Å². The molecule has 1 saturated heterocycles. The highest BCUT2D eigenvalue weighted by Crippen LogP contribution is 2.38. The normalized spacial score (nSPS) is 16.6. The molecule has 1 aliphatic rings. The van der Waals surface area contributed by atoms with Gasteiger partial charge in [0.2, 0.25) is 5.91 Å². The zero-order valence-electron chi connectivity index (χ0n) is 18.0. The van der Waals surface area contributed by atoms with E-state index in [1.807, 2.05) is 60.7 Å². The highest BCUT2D eigenvalue weighted by Gasteiger charge is 2.41. The monoisotopic (exact) mass is 437 g/mol. The number of carbonyl (C=O) groups is 1. The summed E-state index contributed by atoms with van der Waals surface area (Å²) in [4.78, 5) is 13.7. The highest BCUT2D eigenvalue weighted by molar-refractivity contribution is 6.30. The van der Waals surface area contributed by atoms with Crippen LogP contribution in [0.15, 0.2) is 60.7 Å². The summed E-state index contributed by atoms with van der Waals surface area (Å²) in [6, 6.07) is 19.5. The molecule has 1 aliphatic heterocycles. The van der Waals surface area contributed by atoms with Gasteiger partial charge in [-0.05, 0) is 56.0 Å². The minimum atomic E-state index is -0.643. The Kier molecular flexibility index (Phi) is 6.49. The number of anilines is 1. The molecule has 31 heavy (non-hydrogen) atoms. The van der Waals surface area contributed by atoms with Gasteiger partial charge in [0.1, 0.15) is 5.75 Å². The number of carbonyl (C=O) groups excluding carboxylic acids is 1. The van der Waals surface area contributed by atoms with Crippen LogP contribution in [0.1, 0.15) is 38.7 Å². The average molecular weight is 438 g/mol. The largest absolute Gasteiger partial charge is 0.490 e. The van der Waals surface area contributed by atoms with Crippen molar-refractivity contribution in [2.24, 2.45) is 0 Å². The van der Waals surface area contributed by atoms with Gasteiger partial charge in [-0.1, -0.05) is 54.9 Å². The summed E-state index contributed by atoms with van der Waals surface area (Å²) in [7, 11) is 0. The molecule has 1 amide bonds. The van der Waals surface area contributed by atoms with Crippen LogP contribution in [0.5, 0.6) is 5.75 Å². The molecule has 1 atom stereocenters. The second kappa shape index (κ2) is 9.29. The van der Waals surface area contributed by atoms with Gasteiger partial charge in [0.05, 0.1) is 11.5 Å².